The Labute approximate surface area is 152 Å². The molecule has 6 heteroatoms. The highest BCUT2D eigenvalue weighted by Gasteiger charge is 2.32. The average Bonchev–Trinajstić information content (AvgIpc) is 3.20. The fourth-order valence-electron chi connectivity index (χ4n) is 3.01. The first kappa shape index (κ1) is 18.2. The third kappa shape index (κ3) is 5.16. The fourth-order valence-corrected chi connectivity index (χ4v) is 3.91. The van der Waals surface area contributed by atoms with Crippen LogP contribution in [0.1, 0.15) is 35.1 Å². The van der Waals surface area contributed by atoms with Crippen LogP contribution in [-0.4, -0.2) is 45.1 Å². The van der Waals surface area contributed by atoms with Gasteiger partial charge in [-0.25, -0.2) is 0 Å². The number of hydrogen-bond donors (Lipinski definition) is 2. The Hall–Kier alpha value is -1.65. The highest BCUT2D eigenvalue weighted by atomic mass is 32.1. The number of thiophene rings is 1. The molecule has 2 N–H and O–H groups in total. The van der Waals surface area contributed by atoms with E-state index in [0.717, 1.165) is 29.4 Å². The molecule has 0 spiro atoms. The van der Waals surface area contributed by atoms with Gasteiger partial charge in [-0.05, 0) is 32.9 Å². The number of aromatic nitrogens is 1. The summed E-state index contributed by atoms with van der Waals surface area (Å²) in [6.45, 7) is 7.56. The molecule has 2 aromatic rings. The van der Waals surface area contributed by atoms with Crippen molar-refractivity contribution in [2.24, 2.45) is 5.92 Å². The van der Waals surface area contributed by atoms with Gasteiger partial charge in [-0.3, -0.25) is 4.90 Å². The van der Waals surface area contributed by atoms with E-state index in [4.69, 9.17) is 4.52 Å². The van der Waals surface area contributed by atoms with E-state index < -0.39 is 5.60 Å². The van der Waals surface area contributed by atoms with Gasteiger partial charge in [0.05, 0.1) is 16.7 Å². The minimum absolute atomic E-state index is 0.168. The molecule has 0 radical (unpaired) electrons. The second kappa shape index (κ2) is 7.30. The number of aryl methyl sites for hydroxylation is 1. The number of hydrogen-bond acceptors (Lipinski definition) is 6. The van der Waals surface area contributed by atoms with Crippen molar-refractivity contribution < 1.29 is 14.7 Å². The Morgan fingerprint density at radius 2 is 2.20 bits per heavy atom. The quantitative estimate of drug-likeness (QED) is 0.818. The summed E-state index contributed by atoms with van der Waals surface area (Å²) in [4.78, 5) is 4.42. The number of rotatable bonds is 4. The molecule has 2 atom stereocenters. The fraction of sp³-hybridized carbons (Fsp3) is 0.526. The number of nitrogens with zero attached hydrogens (tertiary/aromatic N) is 2. The summed E-state index contributed by atoms with van der Waals surface area (Å²) >= 11 is 1.63. The summed E-state index contributed by atoms with van der Waals surface area (Å²) in [5.41, 5.74) is -0.104. The van der Waals surface area contributed by atoms with Crippen LogP contribution in [0.15, 0.2) is 22.7 Å². The third-order valence-electron chi connectivity index (χ3n) is 4.15. The average molecular weight is 360 g/mol. The van der Waals surface area contributed by atoms with E-state index in [-0.39, 0.29) is 12.0 Å². The molecule has 3 rings (SSSR count). The molecule has 25 heavy (non-hydrogen) atoms. The van der Waals surface area contributed by atoms with E-state index in [1.54, 1.807) is 25.2 Å². The van der Waals surface area contributed by atoms with E-state index in [1.165, 1.54) is 4.88 Å². The lowest BCUT2D eigenvalue weighted by Crippen LogP contribution is -2.20. The van der Waals surface area contributed by atoms with Crippen LogP contribution >= 0.6 is 11.3 Å². The lowest BCUT2D eigenvalue weighted by Gasteiger charge is -2.13. The van der Waals surface area contributed by atoms with Crippen LogP contribution in [0, 0.1) is 24.7 Å². The molecule has 0 saturated carbocycles. The van der Waals surface area contributed by atoms with Gasteiger partial charge in [-0.2, -0.15) is 0 Å². The largest absolute Gasteiger partial charge is 0.391 e. The molecule has 1 saturated heterocycles. The lowest BCUT2D eigenvalue weighted by molar-refractivity contribution is 0.137. The van der Waals surface area contributed by atoms with Crippen molar-refractivity contribution in [3.8, 4) is 11.8 Å². The zero-order valence-corrected chi connectivity index (χ0v) is 15.6. The van der Waals surface area contributed by atoms with E-state index in [9.17, 15) is 10.2 Å². The van der Waals surface area contributed by atoms with Crippen molar-refractivity contribution in [1.82, 2.24) is 10.1 Å². The Balaban J connectivity index is 1.57. The van der Waals surface area contributed by atoms with Crippen LogP contribution in [0.2, 0.25) is 0 Å². The molecule has 0 unspecified atom stereocenters. The molecule has 0 bridgehead atoms. The molecular formula is C19H24N2O3S. The predicted molar refractivity (Wildman–Crippen MR) is 97.2 cm³/mol. The molecular weight excluding hydrogens is 336 g/mol. The van der Waals surface area contributed by atoms with Gasteiger partial charge in [0.2, 0.25) is 0 Å². The second-order valence-electron chi connectivity index (χ2n) is 7.24. The highest BCUT2D eigenvalue weighted by molar-refractivity contribution is 7.12. The summed E-state index contributed by atoms with van der Waals surface area (Å²) in [7, 11) is 0. The first-order chi connectivity index (χ1) is 11.8. The third-order valence-corrected chi connectivity index (χ3v) is 5.14. The van der Waals surface area contributed by atoms with Crippen LogP contribution in [0.25, 0.3) is 0 Å². The van der Waals surface area contributed by atoms with Gasteiger partial charge in [-0.1, -0.05) is 17.0 Å². The van der Waals surface area contributed by atoms with Crippen LogP contribution in [0.4, 0.5) is 0 Å². The summed E-state index contributed by atoms with van der Waals surface area (Å²) in [6.07, 6.45) is 0.366. The van der Waals surface area contributed by atoms with Crippen molar-refractivity contribution in [1.29, 1.82) is 0 Å². The van der Waals surface area contributed by atoms with Crippen LogP contribution in [0.3, 0.4) is 0 Å². The van der Waals surface area contributed by atoms with E-state index in [2.05, 4.69) is 28.0 Å². The lowest BCUT2D eigenvalue weighted by atomic mass is 10.0. The maximum absolute atomic E-state index is 10.3. The summed E-state index contributed by atoms with van der Waals surface area (Å²) < 4.78 is 5.27. The molecule has 1 aliphatic heterocycles. The van der Waals surface area contributed by atoms with Gasteiger partial charge in [0.1, 0.15) is 11.4 Å². The minimum atomic E-state index is -0.977. The maximum atomic E-state index is 10.3. The predicted octanol–water partition coefficient (Wildman–Crippen LogP) is 2.20. The van der Waals surface area contributed by atoms with E-state index >= 15 is 0 Å². The van der Waals surface area contributed by atoms with E-state index in [0.29, 0.717) is 13.0 Å². The zero-order valence-electron chi connectivity index (χ0n) is 14.8. The van der Waals surface area contributed by atoms with Crippen LogP contribution in [0.5, 0.6) is 0 Å². The summed E-state index contributed by atoms with van der Waals surface area (Å²) in [5, 5.41) is 23.9. The number of likely N-dealkylation sites (tertiary alicyclic amines) is 1. The van der Waals surface area contributed by atoms with Gasteiger partial charge in [0.25, 0.3) is 0 Å². The number of β-amino-alcohol motifs (C(OH)–C–C–N with tert-alkyl or cyclic N) is 1. The van der Waals surface area contributed by atoms with Crippen molar-refractivity contribution in [2.45, 2.75) is 45.4 Å². The topological polar surface area (TPSA) is 69.7 Å². The molecule has 0 aliphatic carbocycles. The Kier molecular flexibility index (Phi) is 5.30. The Morgan fingerprint density at radius 1 is 1.40 bits per heavy atom. The SMILES string of the molecule is Cc1cc(C[C@@H]2CN(Cc3ccc(C#CC(C)(C)O)s3)C[C@@H]2O)on1. The summed E-state index contributed by atoms with van der Waals surface area (Å²) in [5.74, 6) is 6.85. The van der Waals surface area contributed by atoms with Crippen molar-refractivity contribution in [2.75, 3.05) is 13.1 Å². The van der Waals surface area contributed by atoms with Gasteiger partial charge >= 0.3 is 0 Å². The van der Waals surface area contributed by atoms with Crippen molar-refractivity contribution >= 4 is 11.3 Å². The molecule has 134 valence electrons. The monoisotopic (exact) mass is 360 g/mol. The highest BCUT2D eigenvalue weighted by Crippen LogP contribution is 2.25. The molecule has 1 fully saturated rings. The molecule has 0 amide bonds. The number of aliphatic hydroxyl groups excluding tert-OH is 1. The molecule has 2 aromatic heterocycles. The van der Waals surface area contributed by atoms with Crippen LogP contribution in [-0.2, 0) is 13.0 Å². The second-order valence-corrected chi connectivity index (χ2v) is 8.40. The molecule has 3 heterocycles. The molecule has 5 nitrogen and oxygen atoms in total. The van der Waals surface area contributed by atoms with Crippen molar-refractivity contribution in [3.05, 3.63) is 39.4 Å². The van der Waals surface area contributed by atoms with Gasteiger partial charge in [-0.15, -0.1) is 11.3 Å². The Morgan fingerprint density at radius 3 is 2.88 bits per heavy atom. The first-order valence-corrected chi connectivity index (χ1v) is 9.27. The normalized spacial score (nSPS) is 21.3. The zero-order chi connectivity index (χ0) is 18.0. The number of aliphatic hydroxyl groups is 2. The van der Waals surface area contributed by atoms with Gasteiger partial charge in [0.15, 0.2) is 0 Å². The Bertz CT molecular complexity index is 778. The van der Waals surface area contributed by atoms with E-state index in [1.807, 2.05) is 19.1 Å². The maximum Gasteiger partial charge on any atom is 0.137 e. The standard InChI is InChI=1S/C19H24N2O3S/c1-13-8-15(24-20-13)9-14-10-21(12-18(14)22)11-17-5-4-16(25-17)6-7-19(2,3)23/h4-5,8,14,18,22-23H,9-12H2,1-3H3/t14-,18+/m1/s1. The smallest absolute Gasteiger partial charge is 0.137 e. The molecule has 1 aliphatic rings. The van der Waals surface area contributed by atoms with Crippen molar-refractivity contribution in [3.63, 3.8) is 0 Å². The van der Waals surface area contributed by atoms with Gasteiger partial charge in [0, 0.05) is 42.9 Å². The van der Waals surface area contributed by atoms with Crippen LogP contribution < -0.4 is 0 Å². The first-order valence-electron chi connectivity index (χ1n) is 8.45. The molecule has 0 aromatic carbocycles. The van der Waals surface area contributed by atoms with Gasteiger partial charge < -0.3 is 14.7 Å². The summed E-state index contributed by atoms with van der Waals surface area (Å²) in [6, 6.07) is 5.99. The minimum Gasteiger partial charge on any atom is -0.391 e.